The fraction of sp³-hybridized carbons (Fsp3) is 1.00. The second-order valence-electron chi connectivity index (χ2n) is 2.54. The molecule has 0 saturated carbocycles. The zero-order valence-electron chi connectivity index (χ0n) is 8.13. The van der Waals surface area contributed by atoms with E-state index < -0.39 is 18.1 Å². The van der Waals surface area contributed by atoms with Crippen LogP contribution in [0.2, 0.25) is 5.25 Å². The van der Waals surface area contributed by atoms with Gasteiger partial charge in [0.1, 0.15) is 0 Å². The summed E-state index contributed by atoms with van der Waals surface area (Å²) >= 11 is 0. The summed E-state index contributed by atoms with van der Waals surface area (Å²) < 4.78 is 22.0. The van der Waals surface area contributed by atoms with Crippen molar-refractivity contribution in [2.45, 2.75) is 19.1 Å². The van der Waals surface area contributed by atoms with Gasteiger partial charge in [0.05, 0.1) is 0 Å². The molecule has 8 heteroatoms. The molecule has 0 fully saturated rings. The fourth-order valence-electron chi connectivity index (χ4n) is 0.823. The first-order chi connectivity index (χ1) is 6.33. The van der Waals surface area contributed by atoms with Gasteiger partial charge in [-0.15, -0.1) is 0 Å². The van der Waals surface area contributed by atoms with Crippen molar-refractivity contribution >= 4 is 48.1 Å². The molecule has 0 aliphatic rings. The summed E-state index contributed by atoms with van der Waals surface area (Å²) in [7, 11) is 10.9. The molecule has 3 nitrogen and oxygen atoms in total. The van der Waals surface area contributed by atoms with Crippen LogP contribution >= 0.6 is 37.6 Å². The molecule has 0 aromatic rings. The summed E-state index contributed by atoms with van der Waals surface area (Å²) in [4.78, 5) is 0. The third kappa shape index (κ3) is 7.80. The van der Waals surface area contributed by atoms with E-state index in [1.54, 1.807) is 13.8 Å². The molecule has 0 aliphatic carbocycles. The van der Waals surface area contributed by atoms with Crippen LogP contribution in [0, 0.1) is 0 Å². The van der Waals surface area contributed by atoms with Crippen molar-refractivity contribution in [2.75, 3.05) is 19.4 Å². The topological polar surface area (TPSA) is 35.5 Å². The van der Waals surface area contributed by atoms with Gasteiger partial charge in [0, 0.05) is 0 Å². The molecule has 86 valence electrons. The molecule has 0 aliphatic heterocycles. The number of halogens is 3. The van der Waals surface area contributed by atoms with Crippen LogP contribution in [-0.4, -0.2) is 29.9 Å². The predicted octanol–water partition coefficient (Wildman–Crippen LogP) is 3.91. The van der Waals surface area contributed by atoms with Crippen LogP contribution in [0.3, 0.4) is 0 Å². The maximum atomic E-state index is 11.9. The van der Waals surface area contributed by atoms with Crippen molar-refractivity contribution in [1.82, 2.24) is 0 Å². The van der Waals surface area contributed by atoms with Crippen molar-refractivity contribution in [1.29, 1.82) is 0 Å². The summed E-state index contributed by atoms with van der Waals surface area (Å²) in [5.41, 5.74) is 0. The van der Waals surface area contributed by atoms with Crippen LogP contribution in [0.15, 0.2) is 0 Å². The first kappa shape index (κ1) is 15.6. The molecule has 0 aromatic carbocycles. The summed E-state index contributed by atoms with van der Waals surface area (Å²) in [5.74, 6) is 0. The molecular weight excluding hydrogens is 330 g/mol. The van der Waals surface area contributed by atoms with Gasteiger partial charge in [-0.3, -0.25) is 0 Å². The summed E-state index contributed by atoms with van der Waals surface area (Å²) in [6.45, 7) is 4.18. The SMILES string of the molecule is CCOP(=O)(C[CH2][Ge]([Cl])([Cl])[Cl])OCC. The van der Waals surface area contributed by atoms with Crippen LogP contribution in [0.5, 0.6) is 0 Å². The molecule has 0 atom stereocenters. The van der Waals surface area contributed by atoms with Gasteiger partial charge in [-0.2, -0.15) is 0 Å². The van der Waals surface area contributed by atoms with Crippen molar-refractivity contribution in [2.24, 2.45) is 0 Å². The van der Waals surface area contributed by atoms with Crippen molar-refractivity contribution in [3.8, 4) is 0 Å². The van der Waals surface area contributed by atoms with Gasteiger partial charge < -0.3 is 0 Å². The van der Waals surface area contributed by atoms with Crippen molar-refractivity contribution < 1.29 is 13.6 Å². The third-order valence-corrected chi connectivity index (χ3v) is 8.94. The van der Waals surface area contributed by atoms with Crippen molar-refractivity contribution in [3.05, 3.63) is 0 Å². The second kappa shape index (κ2) is 7.00. The quantitative estimate of drug-likeness (QED) is 0.519. The molecule has 0 radical (unpaired) electrons. The average Bonchev–Trinajstić information content (AvgIpc) is 2.01. The van der Waals surface area contributed by atoms with Crippen LogP contribution < -0.4 is 0 Å². The molecule has 0 bridgehead atoms. The minimum absolute atomic E-state index is 0.200. The fourth-order valence-corrected chi connectivity index (χ4v) is 9.74. The Bertz CT molecular complexity index is 199. The van der Waals surface area contributed by atoms with Crippen LogP contribution in [0.1, 0.15) is 13.8 Å². The predicted molar refractivity (Wildman–Crippen MR) is 63.8 cm³/mol. The Balaban J connectivity index is 4.16. The van der Waals surface area contributed by atoms with Gasteiger partial charge in [-0.25, -0.2) is 0 Å². The van der Waals surface area contributed by atoms with E-state index in [9.17, 15) is 4.57 Å². The van der Waals surface area contributed by atoms with Crippen LogP contribution in [0.25, 0.3) is 0 Å². The van der Waals surface area contributed by atoms with Crippen LogP contribution in [0.4, 0.5) is 0 Å². The van der Waals surface area contributed by atoms with E-state index in [1.165, 1.54) is 0 Å². The number of rotatable bonds is 7. The Morgan fingerprint density at radius 1 is 1.14 bits per heavy atom. The molecule has 0 rings (SSSR count). The molecule has 0 spiro atoms. The monoisotopic (exact) mass is 344 g/mol. The average molecular weight is 344 g/mol. The molecule has 0 heterocycles. The standard InChI is InChI=1S/C6H14Cl3GeO3P/c1-3-12-14(11,13-4-2)6-5-10(7,8)9/h3-6H2,1-2H3. The normalized spacial score (nSPS) is 13.2. The van der Waals surface area contributed by atoms with E-state index in [-0.39, 0.29) is 6.16 Å². The van der Waals surface area contributed by atoms with Gasteiger partial charge >= 0.3 is 100 Å². The van der Waals surface area contributed by atoms with Gasteiger partial charge in [0.15, 0.2) is 0 Å². The Morgan fingerprint density at radius 3 is 1.86 bits per heavy atom. The molecule has 0 N–H and O–H groups in total. The maximum absolute atomic E-state index is 11.9. The first-order valence-corrected chi connectivity index (χ1v) is 15.8. The van der Waals surface area contributed by atoms with E-state index in [1.807, 2.05) is 0 Å². The van der Waals surface area contributed by atoms with Gasteiger partial charge in [0.2, 0.25) is 0 Å². The Kier molecular flexibility index (Phi) is 7.78. The van der Waals surface area contributed by atoms with Crippen molar-refractivity contribution in [3.63, 3.8) is 0 Å². The third-order valence-electron chi connectivity index (χ3n) is 1.32. The number of hydrogen-bond donors (Lipinski definition) is 0. The molecule has 0 amide bonds. The Morgan fingerprint density at radius 2 is 1.57 bits per heavy atom. The molecule has 14 heavy (non-hydrogen) atoms. The molecule has 0 aromatic heterocycles. The van der Waals surface area contributed by atoms with E-state index in [0.29, 0.717) is 18.5 Å². The Hall–Kier alpha value is 1.56. The van der Waals surface area contributed by atoms with E-state index in [2.05, 4.69) is 0 Å². The number of hydrogen-bond acceptors (Lipinski definition) is 3. The van der Waals surface area contributed by atoms with Gasteiger partial charge in [-0.1, -0.05) is 0 Å². The molecular formula is C6H14Cl3GeO3P. The minimum atomic E-state index is -3.21. The van der Waals surface area contributed by atoms with Crippen LogP contribution in [-0.2, 0) is 13.6 Å². The van der Waals surface area contributed by atoms with E-state index in [4.69, 9.17) is 39.1 Å². The zero-order valence-corrected chi connectivity index (χ0v) is 13.4. The summed E-state index contributed by atoms with van der Waals surface area (Å²) in [6, 6.07) is 0. The summed E-state index contributed by atoms with van der Waals surface area (Å²) in [5, 5.41) is 0.335. The first-order valence-electron chi connectivity index (χ1n) is 4.28. The van der Waals surface area contributed by atoms with Gasteiger partial charge in [-0.05, 0) is 0 Å². The van der Waals surface area contributed by atoms with E-state index in [0.717, 1.165) is 0 Å². The van der Waals surface area contributed by atoms with Gasteiger partial charge in [0.25, 0.3) is 0 Å². The van der Waals surface area contributed by atoms with E-state index >= 15 is 0 Å². The molecule has 0 saturated heterocycles. The summed E-state index contributed by atoms with van der Waals surface area (Å²) in [6.07, 6.45) is 0.200. The zero-order chi connectivity index (χ0) is 11.2. The second-order valence-corrected chi connectivity index (χ2v) is 21.4. The molecule has 0 unspecified atom stereocenters. The Labute approximate surface area is 99.8 Å².